The first kappa shape index (κ1) is 24.7. The highest BCUT2D eigenvalue weighted by atomic mass is 16.5. The molecule has 3 heterocycles. The number of aromatic amines is 1. The summed E-state index contributed by atoms with van der Waals surface area (Å²) < 4.78 is 8.59. The number of aryl methyl sites for hydroxylation is 2. The van der Waals surface area contributed by atoms with Gasteiger partial charge in [-0.25, -0.2) is 9.78 Å². The molecule has 0 bridgehead atoms. The zero-order valence-electron chi connectivity index (χ0n) is 20.5. The molecule has 3 aromatic rings. The molecule has 1 fully saturated rings. The first-order chi connectivity index (χ1) is 16.9. The van der Waals surface area contributed by atoms with Gasteiger partial charge in [-0.05, 0) is 37.7 Å². The molecule has 2 N–H and O–H groups in total. The van der Waals surface area contributed by atoms with Gasteiger partial charge in [-0.3, -0.25) is 24.0 Å². The minimum atomic E-state index is -0.458. The van der Waals surface area contributed by atoms with Crippen LogP contribution in [0.1, 0.15) is 25.6 Å². The quantitative estimate of drug-likeness (QED) is 0.469. The minimum absolute atomic E-state index is 0.146. The summed E-state index contributed by atoms with van der Waals surface area (Å²) in [5, 5.41) is 2.93. The lowest BCUT2D eigenvalue weighted by atomic mass is 10.2. The van der Waals surface area contributed by atoms with Crippen molar-refractivity contribution in [1.29, 1.82) is 0 Å². The van der Waals surface area contributed by atoms with Gasteiger partial charge in [0, 0.05) is 38.1 Å². The summed E-state index contributed by atoms with van der Waals surface area (Å²) in [4.78, 5) is 48.4. The van der Waals surface area contributed by atoms with E-state index < -0.39 is 11.2 Å². The Hall–Kier alpha value is -3.44. The lowest BCUT2D eigenvalue weighted by Crippen LogP contribution is -2.36. The number of morpholine rings is 1. The fraction of sp³-hybridized carbons (Fsp3) is 0.500. The maximum atomic E-state index is 12.6. The molecule has 1 aliphatic heterocycles. The van der Waals surface area contributed by atoms with Crippen LogP contribution in [-0.4, -0.2) is 69.8 Å². The summed E-state index contributed by atoms with van der Waals surface area (Å²) >= 11 is 0. The maximum absolute atomic E-state index is 12.6. The maximum Gasteiger partial charge on any atom is 0.330 e. The SMILES string of the molecule is CCCCn1c(=O)[nH]c(=O)c2c1nc(CN(C)CC(=O)Nc1ccc(N3CCOCC3)cc1)n2C. The highest BCUT2D eigenvalue weighted by Crippen LogP contribution is 2.19. The molecule has 0 unspecified atom stereocenters. The molecule has 11 nitrogen and oxygen atoms in total. The van der Waals surface area contributed by atoms with Crippen molar-refractivity contribution in [3.05, 3.63) is 50.9 Å². The Labute approximate surface area is 203 Å². The Morgan fingerprint density at radius 2 is 1.91 bits per heavy atom. The molecule has 188 valence electrons. The fourth-order valence-corrected chi connectivity index (χ4v) is 4.28. The number of ether oxygens (including phenoxy) is 1. The average molecular weight is 484 g/mol. The van der Waals surface area contributed by atoms with E-state index >= 15 is 0 Å². The van der Waals surface area contributed by atoms with E-state index in [1.165, 1.54) is 4.57 Å². The van der Waals surface area contributed by atoms with E-state index in [1.807, 2.05) is 43.1 Å². The number of likely N-dealkylation sites (N-methyl/N-ethyl adjacent to an activating group) is 1. The number of benzene rings is 1. The van der Waals surface area contributed by atoms with Gasteiger partial charge >= 0.3 is 5.69 Å². The molecule has 0 aliphatic carbocycles. The lowest BCUT2D eigenvalue weighted by molar-refractivity contribution is -0.117. The van der Waals surface area contributed by atoms with E-state index in [9.17, 15) is 14.4 Å². The van der Waals surface area contributed by atoms with Crippen molar-refractivity contribution in [3.63, 3.8) is 0 Å². The summed E-state index contributed by atoms with van der Waals surface area (Å²) in [6, 6.07) is 7.80. The number of rotatable bonds is 9. The van der Waals surface area contributed by atoms with E-state index in [2.05, 4.69) is 20.2 Å². The number of nitrogens with one attached hydrogen (secondary N) is 2. The molecule has 11 heteroatoms. The van der Waals surface area contributed by atoms with Crippen LogP contribution >= 0.6 is 0 Å². The molecule has 35 heavy (non-hydrogen) atoms. The van der Waals surface area contributed by atoms with Crippen LogP contribution < -0.4 is 21.5 Å². The highest BCUT2D eigenvalue weighted by molar-refractivity contribution is 5.92. The first-order valence-corrected chi connectivity index (χ1v) is 12.0. The Bertz CT molecular complexity index is 1290. The minimum Gasteiger partial charge on any atom is -0.378 e. The second-order valence-corrected chi connectivity index (χ2v) is 8.89. The molecule has 1 aromatic carbocycles. The van der Waals surface area contributed by atoms with Gasteiger partial charge in [0.05, 0.1) is 26.3 Å². The summed E-state index contributed by atoms with van der Waals surface area (Å²) in [6.07, 6.45) is 1.72. The van der Waals surface area contributed by atoms with Crippen LogP contribution in [0, 0.1) is 0 Å². The average Bonchev–Trinajstić information content (AvgIpc) is 3.15. The van der Waals surface area contributed by atoms with Crippen molar-refractivity contribution in [1.82, 2.24) is 24.0 Å². The summed E-state index contributed by atoms with van der Waals surface area (Å²) in [5.41, 5.74) is 1.66. The van der Waals surface area contributed by atoms with Gasteiger partial charge in [-0.2, -0.15) is 0 Å². The largest absolute Gasteiger partial charge is 0.378 e. The van der Waals surface area contributed by atoms with Gasteiger partial charge in [0.1, 0.15) is 5.82 Å². The van der Waals surface area contributed by atoms with Crippen LogP contribution in [0.25, 0.3) is 11.2 Å². The van der Waals surface area contributed by atoms with E-state index in [-0.39, 0.29) is 12.5 Å². The van der Waals surface area contributed by atoms with Crippen LogP contribution in [0.5, 0.6) is 0 Å². The van der Waals surface area contributed by atoms with E-state index in [1.54, 1.807) is 11.6 Å². The Morgan fingerprint density at radius 1 is 1.20 bits per heavy atom. The molecule has 1 aliphatic rings. The third kappa shape index (κ3) is 5.63. The number of hydrogen-bond acceptors (Lipinski definition) is 7. The van der Waals surface area contributed by atoms with Crippen molar-refractivity contribution in [2.45, 2.75) is 32.9 Å². The molecule has 0 spiro atoms. The molecule has 0 atom stereocenters. The zero-order chi connectivity index (χ0) is 24.9. The third-order valence-electron chi connectivity index (χ3n) is 6.19. The summed E-state index contributed by atoms with van der Waals surface area (Å²) in [7, 11) is 3.56. The lowest BCUT2D eigenvalue weighted by Gasteiger charge is -2.28. The van der Waals surface area contributed by atoms with Crippen LogP contribution in [0.4, 0.5) is 11.4 Å². The van der Waals surface area contributed by atoms with Crippen molar-refractivity contribution in [3.8, 4) is 0 Å². The summed E-state index contributed by atoms with van der Waals surface area (Å²) in [5.74, 6) is 0.453. The van der Waals surface area contributed by atoms with Gasteiger partial charge in [0.25, 0.3) is 5.56 Å². The number of anilines is 2. The number of nitrogens with zero attached hydrogens (tertiary/aromatic N) is 5. The number of unbranched alkanes of at least 4 members (excludes halogenated alkanes) is 1. The normalized spacial score (nSPS) is 14.1. The van der Waals surface area contributed by atoms with E-state index in [0.717, 1.165) is 50.5 Å². The second kappa shape index (κ2) is 10.9. The zero-order valence-corrected chi connectivity index (χ0v) is 20.5. The number of fused-ring (bicyclic) bond motifs is 1. The van der Waals surface area contributed by atoms with Crippen molar-refractivity contribution >= 4 is 28.4 Å². The molecular formula is C24H33N7O4. The predicted octanol–water partition coefficient (Wildman–Crippen LogP) is 1.13. The van der Waals surface area contributed by atoms with Crippen LogP contribution in [-0.2, 0) is 29.7 Å². The number of amides is 1. The molecule has 2 aromatic heterocycles. The number of H-pyrrole nitrogens is 1. The number of imidazole rings is 1. The highest BCUT2D eigenvalue weighted by Gasteiger charge is 2.18. The Kier molecular flexibility index (Phi) is 7.67. The van der Waals surface area contributed by atoms with Crippen molar-refractivity contribution in [2.24, 2.45) is 7.05 Å². The van der Waals surface area contributed by atoms with Crippen molar-refractivity contribution < 1.29 is 9.53 Å². The van der Waals surface area contributed by atoms with E-state index in [0.29, 0.717) is 30.1 Å². The molecular weight excluding hydrogens is 450 g/mol. The van der Waals surface area contributed by atoms with Crippen LogP contribution in [0.15, 0.2) is 33.9 Å². The molecule has 1 saturated heterocycles. The Balaban J connectivity index is 1.41. The number of carbonyl (C=O) groups excluding carboxylic acids is 1. The molecule has 1 amide bonds. The van der Waals surface area contributed by atoms with Gasteiger partial charge < -0.3 is 19.5 Å². The standard InChI is InChI=1S/C24H33N7O4/c1-4-5-10-31-22-21(23(33)27-24(31)34)29(3)19(26-22)15-28(2)16-20(32)25-17-6-8-18(9-7-17)30-11-13-35-14-12-30/h6-9H,4-5,10-16H2,1-3H3,(H,25,32)(H,27,33,34). The third-order valence-corrected chi connectivity index (χ3v) is 6.19. The second-order valence-electron chi connectivity index (χ2n) is 8.89. The predicted molar refractivity (Wildman–Crippen MR) is 135 cm³/mol. The first-order valence-electron chi connectivity index (χ1n) is 12.0. The van der Waals surface area contributed by atoms with Gasteiger partial charge in [-0.1, -0.05) is 13.3 Å². The van der Waals surface area contributed by atoms with Gasteiger partial charge in [0.15, 0.2) is 11.2 Å². The number of carbonyl (C=O) groups is 1. The monoisotopic (exact) mass is 483 g/mol. The Morgan fingerprint density at radius 3 is 2.60 bits per heavy atom. The smallest absolute Gasteiger partial charge is 0.330 e. The van der Waals surface area contributed by atoms with Crippen LogP contribution in [0.2, 0.25) is 0 Å². The van der Waals surface area contributed by atoms with E-state index in [4.69, 9.17) is 4.74 Å². The van der Waals surface area contributed by atoms with Crippen molar-refractivity contribution in [2.75, 3.05) is 50.1 Å². The topological polar surface area (TPSA) is 117 Å². The van der Waals surface area contributed by atoms with Crippen LogP contribution in [0.3, 0.4) is 0 Å². The van der Waals surface area contributed by atoms with Gasteiger partial charge in [0.2, 0.25) is 5.91 Å². The molecule has 4 rings (SSSR count). The summed E-state index contributed by atoms with van der Waals surface area (Å²) in [6.45, 7) is 6.18. The number of aromatic nitrogens is 4. The molecule has 0 radical (unpaired) electrons. The number of hydrogen-bond donors (Lipinski definition) is 2. The molecule has 0 saturated carbocycles. The van der Waals surface area contributed by atoms with Gasteiger partial charge in [-0.15, -0.1) is 0 Å². The fourth-order valence-electron chi connectivity index (χ4n) is 4.28.